The maximum absolute atomic E-state index is 5.58. The van der Waals surface area contributed by atoms with Crippen LogP contribution in [0.15, 0.2) is 24.3 Å². The van der Waals surface area contributed by atoms with Crippen LogP contribution in [0.2, 0.25) is 0 Å². The van der Waals surface area contributed by atoms with Gasteiger partial charge in [-0.3, -0.25) is 0 Å². The molecule has 0 bridgehead atoms. The topological polar surface area (TPSA) is 38.5 Å². The smallest absolute Gasteiger partial charge is 0.119 e. The number of rotatable bonds is 6. The molecular formula is C12H20N2O. The predicted molar refractivity (Wildman–Crippen MR) is 64.1 cm³/mol. The summed E-state index contributed by atoms with van der Waals surface area (Å²) >= 11 is 0. The van der Waals surface area contributed by atoms with Gasteiger partial charge in [-0.25, -0.2) is 0 Å². The number of hydrogen-bond acceptors (Lipinski definition) is 3. The third kappa shape index (κ3) is 4.70. The van der Waals surface area contributed by atoms with Crippen molar-refractivity contribution in [1.29, 1.82) is 0 Å². The molecule has 1 aromatic rings. The largest absolute Gasteiger partial charge is 0.492 e. The van der Waals surface area contributed by atoms with E-state index < -0.39 is 0 Å². The molecule has 84 valence electrons. The summed E-state index contributed by atoms with van der Waals surface area (Å²) in [5, 5.41) is 0. The van der Waals surface area contributed by atoms with Crippen LogP contribution in [-0.2, 0) is 0 Å². The summed E-state index contributed by atoms with van der Waals surface area (Å²) in [6.45, 7) is 4.97. The van der Waals surface area contributed by atoms with Gasteiger partial charge >= 0.3 is 0 Å². The molecule has 0 spiro atoms. The maximum Gasteiger partial charge on any atom is 0.119 e. The van der Waals surface area contributed by atoms with Crippen LogP contribution in [0.5, 0.6) is 5.75 Å². The molecule has 0 saturated carbocycles. The van der Waals surface area contributed by atoms with Gasteiger partial charge in [0, 0.05) is 12.2 Å². The van der Waals surface area contributed by atoms with Crippen molar-refractivity contribution in [2.45, 2.75) is 13.3 Å². The number of nitrogens with two attached hydrogens (primary N) is 1. The molecule has 1 aromatic carbocycles. The van der Waals surface area contributed by atoms with Crippen LogP contribution < -0.4 is 10.5 Å². The number of benzene rings is 1. The summed E-state index contributed by atoms with van der Waals surface area (Å²) in [5.74, 6) is 0.883. The van der Waals surface area contributed by atoms with Crippen LogP contribution in [0.1, 0.15) is 13.3 Å². The minimum atomic E-state index is 0.723. The number of anilines is 1. The monoisotopic (exact) mass is 208 g/mol. The molecule has 0 atom stereocenters. The Kier molecular flexibility index (Phi) is 4.98. The zero-order valence-electron chi connectivity index (χ0n) is 9.57. The van der Waals surface area contributed by atoms with Gasteiger partial charge in [-0.05, 0) is 44.3 Å². The van der Waals surface area contributed by atoms with E-state index in [9.17, 15) is 0 Å². The number of nitrogen functional groups attached to an aromatic ring is 1. The first-order valence-electron chi connectivity index (χ1n) is 5.39. The number of likely N-dealkylation sites (N-methyl/N-ethyl adjacent to an activating group) is 1. The van der Waals surface area contributed by atoms with Gasteiger partial charge in [-0.2, -0.15) is 0 Å². The van der Waals surface area contributed by atoms with Crippen LogP contribution in [0.4, 0.5) is 5.69 Å². The van der Waals surface area contributed by atoms with Gasteiger partial charge in [-0.1, -0.05) is 6.92 Å². The molecule has 0 unspecified atom stereocenters. The Labute approximate surface area is 91.8 Å². The van der Waals surface area contributed by atoms with Crippen molar-refractivity contribution in [1.82, 2.24) is 4.90 Å². The second kappa shape index (κ2) is 6.30. The summed E-state index contributed by atoms with van der Waals surface area (Å²) in [5.41, 5.74) is 6.35. The molecule has 0 aliphatic heterocycles. The van der Waals surface area contributed by atoms with E-state index in [1.807, 2.05) is 24.3 Å². The van der Waals surface area contributed by atoms with Crippen molar-refractivity contribution in [2.24, 2.45) is 0 Å². The van der Waals surface area contributed by atoms with E-state index >= 15 is 0 Å². The van der Waals surface area contributed by atoms with E-state index in [0.29, 0.717) is 0 Å². The van der Waals surface area contributed by atoms with Crippen molar-refractivity contribution < 1.29 is 4.74 Å². The van der Waals surface area contributed by atoms with E-state index in [-0.39, 0.29) is 0 Å². The van der Waals surface area contributed by atoms with Crippen LogP contribution in [0.3, 0.4) is 0 Å². The summed E-state index contributed by atoms with van der Waals surface area (Å²) in [6.07, 6.45) is 1.18. The normalized spacial score (nSPS) is 10.6. The molecule has 3 heteroatoms. The molecule has 0 heterocycles. The third-order valence-corrected chi connectivity index (χ3v) is 2.23. The first-order valence-corrected chi connectivity index (χ1v) is 5.39. The molecular weight excluding hydrogens is 188 g/mol. The van der Waals surface area contributed by atoms with Crippen LogP contribution in [0, 0.1) is 0 Å². The van der Waals surface area contributed by atoms with Crippen molar-refractivity contribution in [3.63, 3.8) is 0 Å². The summed E-state index contributed by atoms with van der Waals surface area (Å²) in [7, 11) is 2.11. The molecule has 0 aromatic heterocycles. The lowest BCUT2D eigenvalue weighted by Gasteiger charge is -2.15. The maximum atomic E-state index is 5.58. The minimum absolute atomic E-state index is 0.723. The first-order chi connectivity index (χ1) is 7.22. The lowest BCUT2D eigenvalue weighted by atomic mass is 10.3. The molecule has 3 nitrogen and oxygen atoms in total. The van der Waals surface area contributed by atoms with E-state index in [1.54, 1.807) is 0 Å². The Morgan fingerprint density at radius 2 is 1.87 bits per heavy atom. The molecule has 2 N–H and O–H groups in total. The zero-order chi connectivity index (χ0) is 11.1. The van der Waals surface area contributed by atoms with Gasteiger partial charge in [0.2, 0.25) is 0 Å². The second-order valence-corrected chi connectivity index (χ2v) is 3.72. The fourth-order valence-electron chi connectivity index (χ4n) is 1.38. The highest BCUT2D eigenvalue weighted by atomic mass is 16.5. The van der Waals surface area contributed by atoms with E-state index in [2.05, 4.69) is 18.9 Å². The lowest BCUT2D eigenvalue weighted by Crippen LogP contribution is -2.24. The SMILES string of the molecule is CCCN(C)CCOc1ccc(N)cc1. The average molecular weight is 208 g/mol. The fourth-order valence-corrected chi connectivity index (χ4v) is 1.38. The van der Waals surface area contributed by atoms with Crippen LogP contribution in [0.25, 0.3) is 0 Å². The molecule has 1 rings (SSSR count). The van der Waals surface area contributed by atoms with Crippen molar-refractivity contribution >= 4 is 5.69 Å². The highest BCUT2D eigenvalue weighted by molar-refractivity contribution is 5.41. The molecule has 0 aliphatic carbocycles. The van der Waals surface area contributed by atoms with Gasteiger partial charge in [-0.15, -0.1) is 0 Å². The standard InChI is InChI=1S/C12H20N2O/c1-3-8-14(2)9-10-15-12-6-4-11(13)5-7-12/h4-7H,3,8-10,13H2,1-2H3. The zero-order valence-corrected chi connectivity index (χ0v) is 9.57. The van der Waals surface area contributed by atoms with Gasteiger partial charge in [0.1, 0.15) is 12.4 Å². The summed E-state index contributed by atoms with van der Waals surface area (Å²) < 4.78 is 5.58. The summed E-state index contributed by atoms with van der Waals surface area (Å²) in [4.78, 5) is 2.26. The van der Waals surface area contributed by atoms with Gasteiger partial charge in [0.25, 0.3) is 0 Å². The fraction of sp³-hybridized carbons (Fsp3) is 0.500. The molecule has 0 saturated heterocycles. The summed E-state index contributed by atoms with van der Waals surface area (Å²) in [6, 6.07) is 7.50. The Hall–Kier alpha value is -1.22. The minimum Gasteiger partial charge on any atom is -0.492 e. The van der Waals surface area contributed by atoms with Gasteiger partial charge < -0.3 is 15.4 Å². The molecule has 0 radical (unpaired) electrons. The molecule has 15 heavy (non-hydrogen) atoms. The van der Waals surface area contributed by atoms with Gasteiger partial charge in [0.15, 0.2) is 0 Å². The molecule has 0 aliphatic rings. The predicted octanol–water partition coefficient (Wildman–Crippen LogP) is 1.99. The number of hydrogen-bond donors (Lipinski definition) is 1. The Balaban J connectivity index is 2.22. The van der Waals surface area contributed by atoms with Crippen molar-refractivity contribution in [2.75, 3.05) is 32.5 Å². The van der Waals surface area contributed by atoms with Crippen molar-refractivity contribution in [3.05, 3.63) is 24.3 Å². The number of ether oxygens (including phenoxy) is 1. The number of nitrogens with zero attached hydrogens (tertiary/aromatic N) is 1. The van der Waals surface area contributed by atoms with Gasteiger partial charge in [0.05, 0.1) is 0 Å². The molecule has 0 amide bonds. The Bertz CT molecular complexity index is 271. The lowest BCUT2D eigenvalue weighted by molar-refractivity contribution is 0.237. The van der Waals surface area contributed by atoms with Crippen LogP contribution in [-0.4, -0.2) is 31.6 Å². The Morgan fingerprint density at radius 3 is 2.47 bits per heavy atom. The van der Waals surface area contributed by atoms with E-state index in [0.717, 1.165) is 31.1 Å². The Morgan fingerprint density at radius 1 is 1.20 bits per heavy atom. The highest BCUT2D eigenvalue weighted by Gasteiger charge is 1.97. The second-order valence-electron chi connectivity index (χ2n) is 3.72. The molecule has 0 fully saturated rings. The quantitative estimate of drug-likeness (QED) is 0.727. The van der Waals surface area contributed by atoms with E-state index in [1.165, 1.54) is 6.42 Å². The first kappa shape index (κ1) is 11.9. The van der Waals surface area contributed by atoms with Crippen molar-refractivity contribution in [3.8, 4) is 5.75 Å². The average Bonchev–Trinajstić information content (AvgIpc) is 2.21. The third-order valence-electron chi connectivity index (χ3n) is 2.23. The highest BCUT2D eigenvalue weighted by Crippen LogP contribution is 2.12. The van der Waals surface area contributed by atoms with Crippen LogP contribution >= 0.6 is 0 Å². The van der Waals surface area contributed by atoms with E-state index in [4.69, 9.17) is 10.5 Å².